The molecule has 0 saturated carbocycles. The van der Waals surface area contributed by atoms with E-state index in [4.69, 9.17) is 24.3 Å². The van der Waals surface area contributed by atoms with E-state index in [0.29, 0.717) is 30.7 Å². The van der Waals surface area contributed by atoms with E-state index in [1.54, 1.807) is 0 Å². The first-order valence-corrected chi connectivity index (χ1v) is 16.6. The molecule has 4 N–H and O–H groups in total. The minimum atomic E-state index is 0.344. The largest absolute Gasteiger partial charge is 0.493 e. The molecule has 11 heteroatoms. The molecule has 44 heavy (non-hydrogen) atoms. The van der Waals surface area contributed by atoms with Crippen LogP contribution in [0, 0.1) is 3.57 Å². The summed E-state index contributed by atoms with van der Waals surface area (Å²) in [4.78, 5) is 14.7. The van der Waals surface area contributed by atoms with E-state index in [2.05, 4.69) is 60.1 Å². The van der Waals surface area contributed by atoms with Crippen molar-refractivity contribution in [3.63, 3.8) is 0 Å². The van der Waals surface area contributed by atoms with Crippen molar-refractivity contribution >= 4 is 68.2 Å². The minimum absolute atomic E-state index is 0.344. The topological polar surface area (TPSA) is 118 Å². The Hall–Kier alpha value is -3.55. The molecule has 0 atom stereocenters. The Labute approximate surface area is 270 Å². The third-order valence-electron chi connectivity index (χ3n) is 8.65. The molecule has 2 aliphatic heterocycles. The van der Waals surface area contributed by atoms with Crippen LogP contribution in [-0.2, 0) is 6.54 Å². The van der Waals surface area contributed by atoms with Gasteiger partial charge in [0.15, 0.2) is 11.2 Å². The standard InChI is InChI=1S/C33H38IN7O3/c1-2-42-29-19-21(18-24(35)30(29)34)20-40-16-12-23(13-17-40)41(22-10-14-36-15-11-22)33-39-31-26(7-5-9-28(31)44-33)38-32-37-25-6-3-4-8-27(25)43-32/h3-9,18-19,22-23,36H,2,10-17,20,35H2,1H3,(H,37,38). The molecule has 0 spiro atoms. The summed E-state index contributed by atoms with van der Waals surface area (Å²) in [7, 11) is 0. The molecule has 7 rings (SSSR count). The number of nitrogens with two attached hydrogens (primary N) is 1. The predicted octanol–water partition coefficient (Wildman–Crippen LogP) is 6.52. The highest BCUT2D eigenvalue weighted by Crippen LogP contribution is 2.35. The van der Waals surface area contributed by atoms with Crippen LogP contribution in [0.1, 0.15) is 38.2 Å². The number of likely N-dealkylation sites (tertiary alicyclic amines) is 1. The number of halogens is 1. The van der Waals surface area contributed by atoms with E-state index >= 15 is 0 Å². The number of oxazole rings is 2. The molecular weight excluding hydrogens is 669 g/mol. The molecule has 2 saturated heterocycles. The molecule has 230 valence electrons. The number of anilines is 4. The number of nitrogen functional groups attached to an aromatic ring is 1. The van der Waals surface area contributed by atoms with Gasteiger partial charge in [-0.05, 0) is 110 Å². The third kappa shape index (κ3) is 6.04. The fourth-order valence-electron chi connectivity index (χ4n) is 6.53. The Morgan fingerprint density at radius 3 is 2.57 bits per heavy atom. The number of para-hydroxylation sites is 3. The first-order valence-electron chi connectivity index (χ1n) is 15.5. The number of aromatic nitrogens is 2. The van der Waals surface area contributed by atoms with Crippen LogP contribution in [0.2, 0.25) is 0 Å². The quantitative estimate of drug-likeness (QED) is 0.116. The van der Waals surface area contributed by atoms with Crippen molar-refractivity contribution in [2.75, 3.05) is 48.7 Å². The minimum Gasteiger partial charge on any atom is -0.493 e. The number of rotatable bonds is 9. The average Bonchev–Trinajstić information content (AvgIpc) is 3.66. The fraction of sp³-hybridized carbons (Fsp3) is 0.394. The maximum absolute atomic E-state index is 6.52. The van der Waals surface area contributed by atoms with Gasteiger partial charge >= 0.3 is 0 Å². The maximum Gasteiger partial charge on any atom is 0.300 e. The first-order chi connectivity index (χ1) is 21.6. The van der Waals surface area contributed by atoms with Gasteiger partial charge in [-0.1, -0.05) is 18.2 Å². The zero-order chi connectivity index (χ0) is 30.0. The molecule has 0 bridgehead atoms. The fourth-order valence-corrected chi connectivity index (χ4v) is 7.00. The molecule has 0 aliphatic carbocycles. The molecule has 5 aromatic rings. The monoisotopic (exact) mass is 707 g/mol. The van der Waals surface area contributed by atoms with Crippen molar-refractivity contribution in [3.8, 4) is 5.75 Å². The summed E-state index contributed by atoms with van der Waals surface area (Å²) < 4.78 is 19.3. The second-order valence-electron chi connectivity index (χ2n) is 11.6. The van der Waals surface area contributed by atoms with E-state index in [9.17, 15) is 0 Å². The number of nitrogens with zero attached hydrogens (tertiary/aromatic N) is 4. The van der Waals surface area contributed by atoms with Gasteiger partial charge in [-0.3, -0.25) is 4.90 Å². The molecule has 3 aromatic carbocycles. The second kappa shape index (κ2) is 12.8. The van der Waals surface area contributed by atoms with Crippen molar-refractivity contribution < 1.29 is 13.6 Å². The lowest BCUT2D eigenvalue weighted by molar-refractivity contribution is 0.191. The van der Waals surface area contributed by atoms with Crippen molar-refractivity contribution in [2.24, 2.45) is 0 Å². The van der Waals surface area contributed by atoms with Gasteiger partial charge in [0.1, 0.15) is 16.8 Å². The van der Waals surface area contributed by atoms with Crippen LogP contribution in [0.4, 0.5) is 23.4 Å². The van der Waals surface area contributed by atoms with E-state index in [-0.39, 0.29) is 0 Å². The van der Waals surface area contributed by atoms with Crippen LogP contribution < -0.4 is 26.0 Å². The van der Waals surface area contributed by atoms with Crippen LogP contribution in [0.15, 0.2) is 63.4 Å². The zero-order valence-electron chi connectivity index (χ0n) is 24.9. The highest BCUT2D eigenvalue weighted by Gasteiger charge is 2.34. The molecule has 2 aliphatic rings. The molecule has 2 fully saturated rings. The lowest BCUT2D eigenvalue weighted by atomic mass is 9.97. The van der Waals surface area contributed by atoms with Gasteiger partial charge in [-0.25, -0.2) is 0 Å². The van der Waals surface area contributed by atoms with E-state index in [1.807, 2.05) is 49.4 Å². The molecular formula is C33H38IN7O3. The summed E-state index contributed by atoms with van der Waals surface area (Å²) in [6.07, 6.45) is 4.20. The van der Waals surface area contributed by atoms with Gasteiger partial charge in [0.25, 0.3) is 12.0 Å². The van der Waals surface area contributed by atoms with Gasteiger partial charge in [0.2, 0.25) is 0 Å². The van der Waals surface area contributed by atoms with Crippen LogP contribution in [-0.4, -0.2) is 59.7 Å². The summed E-state index contributed by atoms with van der Waals surface area (Å²) in [5, 5.41) is 6.86. The number of piperidine rings is 2. The summed E-state index contributed by atoms with van der Waals surface area (Å²) in [5.74, 6) is 0.871. The second-order valence-corrected chi connectivity index (χ2v) is 12.7. The van der Waals surface area contributed by atoms with E-state index in [1.165, 1.54) is 5.56 Å². The highest BCUT2D eigenvalue weighted by atomic mass is 127. The summed E-state index contributed by atoms with van der Waals surface area (Å²) in [6.45, 7) is 7.47. The smallest absolute Gasteiger partial charge is 0.300 e. The number of nitrogens with one attached hydrogen (secondary N) is 2. The number of benzene rings is 3. The lowest BCUT2D eigenvalue weighted by Gasteiger charge is -2.43. The lowest BCUT2D eigenvalue weighted by Crippen LogP contribution is -2.52. The van der Waals surface area contributed by atoms with Gasteiger partial charge < -0.3 is 34.8 Å². The molecule has 0 unspecified atom stereocenters. The predicted molar refractivity (Wildman–Crippen MR) is 183 cm³/mol. The Morgan fingerprint density at radius 2 is 1.77 bits per heavy atom. The molecule has 2 aromatic heterocycles. The van der Waals surface area contributed by atoms with Gasteiger partial charge in [-0.15, -0.1) is 0 Å². The van der Waals surface area contributed by atoms with Crippen molar-refractivity contribution in [1.82, 2.24) is 20.2 Å². The van der Waals surface area contributed by atoms with Crippen LogP contribution in [0.3, 0.4) is 0 Å². The maximum atomic E-state index is 6.52. The molecule has 4 heterocycles. The SMILES string of the molecule is CCOc1cc(CN2CCC(N(c3nc4c(Nc5nc6ccccc6o5)cccc4o3)C3CCNCC3)CC2)cc(N)c1I. The summed E-state index contributed by atoms with van der Waals surface area (Å²) in [5.41, 5.74) is 12.2. The van der Waals surface area contributed by atoms with Crippen molar-refractivity contribution in [2.45, 2.75) is 51.2 Å². The molecule has 10 nitrogen and oxygen atoms in total. The van der Waals surface area contributed by atoms with Gasteiger partial charge in [0, 0.05) is 37.4 Å². The number of hydrogen-bond donors (Lipinski definition) is 3. The first kappa shape index (κ1) is 29.2. The van der Waals surface area contributed by atoms with Crippen molar-refractivity contribution in [1.29, 1.82) is 0 Å². The zero-order valence-corrected chi connectivity index (χ0v) is 27.0. The van der Waals surface area contributed by atoms with Crippen LogP contribution in [0.5, 0.6) is 5.75 Å². The summed E-state index contributed by atoms with van der Waals surface area (Å²) in [6, 6.07) is 19.8. The Kier molecular flexibility index (Phi) is 8.50. The van der Waals surface area contributed by atoms with Gasteiger partial charge in [0.05, 0.1) is 15.9 Å². The average molecular weight is 708 g/mol. The Bertz CT molecular complexity index is 1710. The van der Waals surface area contributed by atoms with Gasteiger partial charge in [-0.2, -0.15) is 9.97 Å². The third-order valence-corrected chi connectivity index (χ3v) is 9.80. The number of hydrogen-bond acceptors (Lipinski definition) is 10. The normalized spacial score (nSPS) is 17.0. The van der Waals surface area contributed by atoms with Crippen LogP contribution in [0.25, 0.3) is 22.2 Å². The Morgan fingerprint density at radius 1 is 1.00 bits per heavy atom. The van der Waals surface area contributed by atoms with E-state index in [0.717, 1.165) is 101 Å². The van der Waals surface area contributed by atoms with E-state index < -0.39 is 0 Å². The molecule has 0 amide bonds. The Balaban J connectivity index is 1.11. The van der Waals surface area contributed by atoms with Crippen molar-refractivity contribution in [3.05, 3.63) is 63.7 Å². The number of ether oxygens (including phenoxy) is 1. The number of fused-ring (bicyclic) bond motifs is 2. The van der Waals surface area contributed by atoms with Crippen LogP contribution >= 0.6 is 22.6 Å². The highest BCUT2D eigenvalue weighted by molar-refractivity contribution is 14.1. The molecule has 0 radical (unpaired) electrons. The summed E-state index contributed by atoms with van der Waals surface area (Å²) >= 11 is 2.27.